The third-order valence-corrected chi connectivity index (χ3v) is 4.78. The van der Waals surface area contributed by atoms with Crippen LogP contribution >= 0.6 is 0 Å². The third kappa shape index (κ3) is 3.51. The van der Waals surface area contributed by atoms with Crippen LogP contribution in [-0.2, 0) is 16.2 Å². The number of piperazine rings is 1. The van der Waals surface area contributed by atoms with Crippen LogP contribution in [-0.4, -0.2) is 45.2 Å². The summed E-state index contributed by atoms with van der Waals surface area (Å²) in [6, 6.07) is 5.02. The Hall–Kier alpha value is -1.79. The summed E-state index contributed by atoms with van der Waals surface area (Å²) in [6.07, 6.45) is -3.46. The summed E-state index contributed by atoms with van der Waals surface area (Å²) in [4.78, 5) is 1.46. The largest absolute Gasteiger partial charge is 0.418 e. The maximum absolute atomic E-state index is 13.1. The van der Waals surface area contributed by atoms with Crippen LogP contribution in [0.15, 0.2) is 18.2 Å². The SMILES string of the molecule is CS(=O)(=O)N1CCN(c2cc(C#N)ccc2C(F)(F)F)CC1. The normalized spacial score (nSPS) is 17.3. The Labute approximate surface area is 126 Å². The molecule has 22 heavy (non-hydrogen) atoms. The number of hydrogen-bond donors (Lipinski definition) is 0. The molecule has 1 aromatic rings. The second-order valence-electron chi connectivity index (χ2n) is 4.99. The van der Waals surface area contributed by atoms with Gasteiger partial charge in [0, 0.05) is 26.2 Å². The molecular weight excluding hydrogens is 319 g/mol. The van der Waals surface area contributed by atoms with Gasteiger partial charge < -0.3 is 4.90 Å². The second kappa shape index (κ2) is 5.78. The van der Waals surface area contributed by atoms with Gasteiger partial charge in [0.2, 0.25) is 10.0 Å². The lowest BCUT2D eigenvalue weighted by Crippen LogP contribution is -2.48. The van der Waals surface area contributed by atoms with E-state index in [9.17, 15) is 21.6 Å². The summed E-state index contributed by atoms with van der Waals surface area (Å²) in [7, 11) is -3.35. The van der Waals surface area contributed by atoms with E-state index in [1.807, 2.05) is 6.07 Å². The van der Waals surface area contributed by atoms with Crippen molar-refractivity contribution in [1.82, 2.24) is 4.31 Å². The highest BCUT2D eigenvalue weighted by Crippen LogP contribution is 2.37. The van der Waals surface area contributed by atoms with E-state index in [0.29, 0.717) is 0 Å². The van der Waals surface area contributed by atoms with Gasteiger partial charge in [0.1, 0.15) is 0 Å². The summed E-state index contributed by atoms with van der Waals surface area (Å²) >= 11 is 0. The van der Waals surface area contributed by atoms with Crippen LogP contribution in [0.5, 0.6) is 0 Å². The molecule has 1 aromatic carbocycles. The van der Waals surface area contributed by atoms with Crippen molar-refractivity contribution in [3.63, 3.8) is 0 Å². The maximum Gasteiger partial charge on any atom is 0.418 e. The number of nitrogens with zero attached hydrogens (tertiary/aromatic N) is 3. The van der Waals surface area contributed by atoms with Crippen molar-refractivity contribution >= 4 is 15.7 Å². The third-order valence-electron chi connectivity index (χ3n) is 3.48. The molecule has 1 aliphatic heterocycles. The first kappa shape index (κ1) is 16.6. The van der Waals surface area contributed by atoms with Crippen molar-refractivity contribution in [3.05, 3.63) is 29.3 Å². The lowest BCUT2D eigenvalue weighted by Gasteiger charge is -2.36. The van der Waals surface area contributed by atoms with Crippen molar-refractivity contribution in [3.8, 4) is 6.07 Å². The minimum atomic E-state index is -4.53. The van der Waals surface area contributed by atoms with E-state index in [2.05, 4.69) is 0 Å². The van der Waals surface area contributed by atoms with Crippen LogP contribution in [0.1, 0.15) is 11.1 Å². The number of anilines is 1. The monoisotopic (exact) mass is 333 g/mol. The molecule has 0 aromatic heterocycles. The molecule has 1 heterocycles. The van der Waals surface area contributed by atoms with Gasteiger partial charge in [-0.15, -0.1) is 0 Å². The summed E-state index contributed by atoms with van der Waals surface area (Å²) in [5.41, 5.74) is -0.771. The highest BCUT2D eigenvalue weighted by molar-refractivity contribution is 7.88. The Morgan fingerprint density at radius 2 is 1.77 bits per heavy atom. The number of halogens is 3. The van der Waals surface area contributed by atoms with Gasteiger partial charge in [-0.1, -0.05) is 0 Å². The zero-order chi connectivity index (χ0) is 16.5. The van der Waals surface area contributed by atoms with Crippen molar-refractivity contribution in [1.29, 1.82) is 5.26 Å². The van der Waals surface area contributed by atoms with E-state index in [1.54, 1.807) is 0 Å². The fourth-order valence-corrected chi connectivity index (χ4v) is 3.19. The minimum Gasteiger partial charge on any atom is -0.368 e. The highest BCUT2D eigenvalue weighted by atomic mass is 32.2. The molecule has 2 rings (SSSR count). The molecule has 5 nitrogen and oxygen atoms in total. The molecule has 0 spiro atoms. The Morgan fingerprint density at radius 3 is 2.23 bits per heavy atom. The predicted octanol–water partition coefficient (Wildman–Crippen LogP) is 1.66. The molecule has 0 aliphatic carbocycles. The van der Waals surface area contributed by atoms with Gasteiger partial charge in [-0.2, -0.15) is 22.7 Å². The van der Waals surface area contributed by atoms with E-state index in [1.165, 1.54) is 15.3 Å². The average molecular weight is 333 g/mol. The van der Waals surface area contributed by atoms with Gasteiger partial charge >= 0.3 is 6.18 Å². The van der Waals surface area contributed by atoms with E-state index in [0.717, 1.165) is 18.4 Å². The van der Waals surface area contributed by atoms with E-state index in [4.69, 9.17) is 5.26 Å². The summed E-state index contributed by atoms with van der Waals surface area (Å²) in [5, 5.41) is 8.87. The average Bonchev–Trinajstić information content (AvgIpc) is 2.45. The van der Waals surface area contributed by atoms with Gasteiger partial charge in [-0.25, -0.2) is 8.42 Å². The van der Waals surface area contributed by atoms with Crippen LogP contribution < -0.4 is 4.90 Å². The van der Waals surface area contributed by atoms with Crippen LogP contribution in [0.4, 0.5) is 18.9 Å². The molecule has 1 saturated heterocycles. The van der Waals surface area contributed by atoms with Crippen molar-refractivity contribution < 1.29 is 21.6 Å². The molecule has 0 bridgehead atoms. The van der Waals surface area contributed by atoms with Gasteiger partial charge in [-0.3, -0.25) is 0 Å². The molecule has 0 unspecified atom stereocenters. The number of nitriles is 1. The minimum absolute atomic E-state index is 0.0836. The molecule has 0 N–H and O–H groups in total. The number of benzene rings is 1. The fraction of sp³-hybridized carbons (Fsp3) is 0.462. The number of hydrogen-bond acceptors (Lipinski definition) is 4. The van der Waals surface area contributed by atoms with Gasteiger partial charge in [0.15, 0.2) is 0 Å². The fourth-order valence-electron chi connectivity index (χ4n) is 2.36. The molecule has 0 atom stereocenters. The van der Waals surface area contributed by atoms with Crippen molar-refractivity contribution in [2.45, 2.75) is 6.18 Å². The standard InChI is InChI=1S/C13H14F3N3O2S/c1-22(20,21)19-6-4-18(5-7-19)12-8-10(9-17)2-3-11(12)13(14,15)16/h2-3,8H,4-7H2,1H3. The first-order valence-electron chi connectivity index (χ1n) is 6.44. The van der Waals surface area contributed by atoms with Crippen molar-refractivity contribution in [2.75, 3.05) is 37.3 Å². The summed E-state index contributed by atoms with van der Waals surface area (Å²) < 4.78 is 63.4. The van der Waals surface area contributed by atoms with Crippen LogP contribution in [0.25, 0.3) is 0 Å². The van der Waals surface area contributed by atoms with Crippen LogP contribution in [0.3, 0.4) is 0 Å². The number of alkyl halides is 3. The second-order valence-corrected chi connectivity index (χ2v) is 6.97. The lowest BCUT2D eigenvalue weighted by molar-refractivity contribution is -0.137. The molecule has 9 heteroatoms. The van der Waals surface area contributed by atoms with E-state index in [-0.39, 0.29) is 37.4 Å². The molecular formula is C13H14F3N3O2S. The molecule has 0 radical (unpaired) electrons. The first-order valence-corrected chi connectivity index (χ1v) is 8.29. The molecule has 1 fully saturated rings. The molecule has 0 amide bonds. The molecule has 1 aliphatic rings. The van der Waals surface area contributed by atoms with E-state index < -0.39 is 21.8 Å². The van der Waals surface area contributed by atoms with E-state index >= 15 is 0 Å². The van der Waals surface area contributed by atoms with Gasteiger partial charge in [0.25, 0.3) is 0 Å². The highest BCUT2D eigenvalue weighted by Gasteiger charge is 2.36. The first-order chi connectivity index (χ1) is 10.1. The molecule has 0 saturated carbocycles. The molecule has 120 valence electrons. The Bertz CT molecular complexity index is 702. The number of sulfonamides is 1. The lowest BCUT2D eigenvalue weighted by atomic mass is 10.1. The zero-order valence-corrected chi connectivity index (χ0v) is 12.6. The topological polar surface area (TPSA) is 64.4 Å². The quantitative estimate of drug-likeness (QED) is 0.826. The van der Waals surface area contributed by atoms with Crippen LogP contribution in [0, 0.1) is 11.3 Å². The smallest absolute Gasteiger partial charge is 0.368 e. The summed E-state index contributed by atoms with van der Waals surface area (Å²) in [6.45, 7) is 0.524. The van der Waals surface area contributed by atoms with Crippen LogP contribution in [0.2, 0.25) is 0 Å². The summed E-state index contributed by atoms with van der Waals surface area (Å²) in [5.74, 6) is 0. The Kier molecular flexibility index (Phi) is 4.35. The zero-order valence-electron chi connectivity index (χ0n) is 11.8. The maximum atomic E-state index is 13.1. The Balaban J connectivity index is 2.31. The Morgan fingerprint density at radius 1 is 1.18 bits per heavy atom. The number of rotatable bonds is 2. The van der Waals surface area contributed by atoms with Gasteiger partial charge in [0.05, 0.1) is 29.1 Å². The van der Waals surface area contributed by atoms with Gasteiger partial charge in [-0.05, 0) is 18.2 Å². The predicted molar refractivity (Wildman–Crippen MR) is 74.8 cm³/mol. The van der Waals surface area contributed by atoms with Crippen molar-refractivity contribution in [2.24, 2.45) is 0 Å².